The van der Waals surface area contributed by atoms with Crippen LogP contribution in [0.1, 0.15) is 115 Å². The minimum absolute atomic E-state index is 0. The first-order valence-corrected chi connectivity index (χ1v) is 14.4. The topological polar surface area (TPSA) is 57.2 Å². The average molecular weight is 483 g/mol. The van der Waals surface area contributed by atoms with E-state index in [0.717, 1.165) is 43.1 Å². The van der Waals surface area contributed by atoms with Gasteiger partial charge in [0.2, 0.25) is 0 Å². The quantitative estimate of drug-likeness (QED) is 0.174. The van der Waals surface area contributed by atoms with Gasteiger partial charge >= 0.3 is 29.6 Å². The molecule has 0 heterocycles. The SMILES string of the molecule is CCCCCCCCCc1cc(S(=O)(=O)[O-])c2ccccc2c1CCCCCCCCC.[Na+]. The Balaban J connectivity index is 0.00000544. The summed E-state index contributed by atoms with van der Waals surface area (Å²) in [5.74, 6) is 0. The first-order valence-electron chi connectivity index (χ1n) is 13.0. The van der Waals surface area contributed by atoms with Gasteiger partial charge in [-0.2, -0.15) is 0 Å². The predicted molar refractivity (Wildman–Crippen MR) is 135 cm³/mol. The summed E-state index contributed by atoms with van der Waals surface area (Å²) in [4.78, 5) is -0.0469. The number of rotatable bonds is 17. The maximum Gasteiger partial charge on any atom is 1.00 e. The largest absolute Gasteiger partial charge is 1.00 e. The van der Waals surface area contributed by atoms with Gasteiger partial charge in [0.1, 0.15) is 10.1 Å². The summed E-state index contributed by atoms with van der Waals surface area (Å²) in [6.45, 7) is 4.47. The van der Waals surface area contributed by atoms with Crippen LogP contribution in [0.5, 0.6) is 0 Å². The first kappa shape index (κ1) is 30.6. The summed E-state index contributed by atoms with van der Waals surface area (Å²) in [5, 5.41) is 1.54. The Morgan fingerprint density at radius 3 is 1.64 bits per heavy atom. The van der Waals surface area contributed by atoms with Crippen LogP contribution in [0.2, 0.25) is 0 Å². The maximum absolute atomic E-state index is 12.0. The Bertz CT molecular complexity index is 909. The molecule has 3 nitrogen and oxygen atoms in total. The summed E-state index contributed by atoms with van der Waals surface area (Å²) >= 11 is 0. The smallest absolute Gasteiger partial charge is 0.744 e. The van der Waals surface area contributed by atoms with Gasteiger partial charge in [0.25, 0.3) is 0 Å². The van der Waals surface area contributed by atoms with Crippen molar-refractivity contribution in [2.75, 3.05) is 0 Å². The normalized spacial score (nSPS) is 11.6. The number of fused-ring (bicyclic) bond motifs is 1. The second kappa shape index (κ2) is 17.1. The minimum Gasteiger partial charge on any atom is -0.744 e. The monoisotopic (exact) mass is 482 g/mol. The average Bonchev–Trinajstić information content (AvgIpc) is 2.77. The van der Waals surface area contributed by atoms with Crippen LogP contribution >= 0.6 is 0 Å². The molecule has 2 aromatic carbocycles. The zero-order valence-corrected chi connectivity index (χ0v) is 24.1. The molecule has 0 aliphatic carbocycles. The summed E-state index contributed by atoms with van der Waals surface area (Å²) < 4.78 is 36.1. The summed E-state index contributed by atoms with van der Waals surface area (Å²) in [5.41, 5.74) is 2.32. The van der Waals surface area contributed by atoms with Crippen LogP contribution in [0.3, 0.4) is 0 Å². The van der Waals surface area contributed by atoms with Crippen LogP contribution < -0.4 is 29.6 Å². The zero-order valence-electron chi connectivity index (χ0n) is 21.3. The van der Waals surface area contributed by atoms with E-state index in [1.807, 2.05) is 18.2 Å². The molecule has 0 amide bonds. The Kier molecular flexibility index (Phi) is 15.9. The molecular weight excluding hydrogens is 439 g/mol. The molecular formula is C28H43NaO3S. The third kappa shape index (κ3) is 10.8. The summed E-state index contributed by atoms with van der Waals surface area (Å²) in [6.07, 6.45) is 19.2. The molecule has 0 spiro atoms. The van der Waals surface area contributed by atoms with E-state index < -0.39 is 10.1 Å². The fourth-order valence-corrected chi connectivity index (χ4v) is 5.45. The molecule has 0 saturated carbocycles. The Hall–Kier alpha value is -0.390. The molecule has 0 bridgehead atoms. The van der Waals surface area contributed by atoms with Crippen LogP contribution in [0, 0.1) is 0 Å². The third-order valence-electron chi connectivity index (χ3n) is 6.56. The van der Waals surface area contributed by atoms with Gasteiger partial charge in [-0.05, 0) is 53.6 Å². The van der Waals surface area contributed by atoms with E-state index in [2.05, 4.69) is 13.8 Å². The molecule has 0 radical (unpaired) electrons. The number of benzene rings is 2. The summed E-state index contributed by atoms with van der Waals surface area (Å²) in [6, 6.07) is 9.25. The number of aryl methyl sites for hydroxylation is 2. The third-order valence-corrected chi connectivity index (χ3v) is 7.44. The van der Waals surface area contributed by atoms with E-state index in [0.29, 0.717) is 5.39 Å². The molecule has 0 aliphatic rings. The second-order valence-corrected chi connectivity index (χ2v) is 10.6. The number of hydrogen-bond donors (Lipinski definition) is 0. The molecule has 0 atom stereocenters. The molecule has 0 unspecified atom stereocenters. The van der Waals surface area contributed by atoms with Crippen LogP contribution in [-0.2, 0) is 23.0 Å². The predicted octanol–water partition coefficient (Wildman–Crippen LogP) is 5.33. The van der Waals surface area contributed by atoms with Gasteiger partial charge < -0.3 is 4.55 Å². The molecule has 0 aromatic heterocycles. The van der Waals surface area contributed by atoms with Gasteiger partial charge in [0, 0.05) is 0 Å². The van der Waals surface area contributed by atoms with Gasteiger partial charge in [-0.15, -0.1) is 0 Å². The second-order valence-electron chi connectivity index (χ2n) is 9.25. The minimum atomic E-state index is -4.50. The first-order chi connectivity index (χ1) is 15.5. The number of hydrogen-bond acceptors (Lipinski definition) is 3. The molecule has 0 saturated heterocycles. The summed E-state index contributed by atoms with van der Waals surface area (Å²) in [7, 11) is -4.50. The van der Waals surface area contributed by atoms with Crippen molar-refractivity contribution in [3.8, 4) is 0 Å². The van der Waals surface area contributed by atoms with E-state index in [4.69, 9.17) is 0 Å². The van der Waals surface area contributed by atoms with Crippen molar-refractivity contribution in [1.82, 2.24) is 0 Å². The van der Waals surface area contributed by atoms with Gasteiger partial charge in [0.15, 0.2) is 0 Å². The van der Waals surface area contributed by atoms with E-state index in [1.54, 1.807) is 12.1 Å². The van der Waals surface area contributed by atoms with Crippen molar-refractivity contribution < 1.29 is 42.5 Å². The molecule has 0 N–H and O–H groups in total. The fraction of sp³-hybridized carbons (Fsp3) is 0.643. The van der Waals surface area contributed by atoms with Crippen molar-refractivity contribution in [3.05, 3.63) is 41.5 Å². The zero-order chi connectivity index (χ0) is 23.2. The molecule has 33 heavy (non-hydrogen) atoms. The van der Waals surface area contributed by atoms with E-state index in [9.17, 15) is 13.0 Å². The van der Waals surface area contributed by atoms with Crippen LogP contribution in [0.4, 0.5) is 0 Å². The van der Waals surface area contributed by atoms with Crippen molar-refractivity contribution in [3.63, 3.8) is 0 Å². The standard InChI is InChI=1S/C28H44O3S.Na/c1-3-5-7-9-11-13-15-19-24-23-28(32(29,30)31)27-22-18-17-21-26(27)25(24)20-16-14-12-10-8-6-4-2;/h17-18,21-23H,3-16,19-20H2,1-2H3,(H,29,30,31);/q;+1/p-1. The van der Waals surface area contributed by atoms with Crippen molar-refractivity contribution in [1.29, 1.82) is 0 Å². The van der Waals surface area contributed by atoms with Gasteiger partial charge in [-0.25, -0.2) is 8.42 Å². The Labute approximate surface area is 225 Å². The van der Waals surface area contributed by atoms with Crippen LogP contribution in [0.25, 0.3) is 10.8 Å². The van der Waals surface area contributed by atoms with Crippen LogP contribution in [0.15, 0.2) is 35.2 Å². The fourth-order valence-electron chi connectivity index (χ4n) is 4.71. The molecule has 2 rings (SSSR count). The molecule has 2 aromatic rings. The van der Waals surface area contributed by atoms with E-state index in [1.165, 1.54) is 76.2 Å². The Morgan fingerprint density at radius 2 is 1.12 bits per heavy atom. The van der Waals surface area contributed by atoms with Crippen molar-refractivity contribution in [2.24, 2.45) is 0 Å². The van der Waals surface area contributed by atoms with Crippen molar-refractivity contribution >= 4 is 20.9 Å². The molecule has 180 valence electrons. The maximum atomic E-state index is 12.0. The molecule has 5 heteroatoms. The van der Waals surface area contributed by atoms with E-state index in [-0.39, 0.29) is 34.5 Å². The van der Waals surface area contributed by atoms with Crippen molar-refractivity contribution in [2.45, 2.75) is 121 Å². The number of unbranched alkanes of at least 4 members (excludes halogenated alkanes) is 12. The van der Waals surface area contributed by atoms with Gasteiger partial charge in [-0.3, -0.25) is 0 Å². The van der Waals surface area contributed by atoms with Gasteiger partial charge in [-0.1, -0.05) is 115 Å². The molecule has 0 aliphatic heterocycles. The van der Waals surface area contributed by atoms with Gasteiger partial charge in [0.05, 0.1) is 4.90 Å². The molecule has 0 fully saturated rings. The van der Waals surface area contributed by atoms with Crippen LogP contribution in [-0.4, -0.2) is 13.0 Å². The van der Waals surface area contributed by atoms with E-state index >= 15 is 0 Å². The Morgan fingerprint density at radius 1 is 0.667 bits per heavy atom.